The van der Waals surface area contributed by atoms with E-state index in [1.165, 1.54) is 31.2 Å². The van der Waals surface area contributed by atoms with Gasteiger partial charge in [-0.05, 0) is 18.2 Å². The minimum atomic E-state index is -0.484. The first kappa shape index (κ1) is 18.9. The van der Waals surface area contributed by atoms with Crippen LogP contribution in [0.2, 0.25) is 0 Å². The Balaban J connectivity index is 1.81. The zero-order valence-electron chi connectivity index (χ0n) is 15.5. The number of carbonyl (C=O) groups excluding carboxylic acids is 2. The van der Waals surface area contributed by atoms with E-state index in [4.69, 9.17) is 4.74 Å². The predicted octanol–water partition coefficient (Wildman–Crippen LogP) is 1.34. The molecule has 2 aliphatic rings. The first-order valence-corrected chi connectivity index (χ1v) is 8.91. The van der Waals surface area contributed by atoms with Crippen molar-refractivity contribution in [1.29, 1.82) is 0 Å². The van der Waals surface area contributed by atoms with Crippen LogP contribution in [0, 0.1) is 0 Å². The molecule has 0 saturated carbocycles. The van der Waals surface area contributed by atoms with Gasteiger partial charge in [0.05, 0.1) is 22.7 Å². The molecule has 0 saturated heterocycles. The second-order valence-corrected chi connectivity index (χ2v) is 6.01. The fourth-order valence-corrected chi connectivity index (χ4v) is 2.63. The lowest BCUT2D eigenvalue weighted by atomic mass is 10.2. The van der Waals surface area contributed by atoms with Crippen LogP contribution in [0.4, 0.5) is 11.5 Å². The van der Waals surface area contributed by atoms with Crippen molar-refractivity contribution >= 4 is 47.5 Å². The molecule has 1 aromatic carbocycles. The van der Waals surface area contributed by atoms with Gasteiger partial charge in [-0.15, -0.1) is 0 Å². The second-order valence-electron chi connectivity index (χ2n) is 6.01. The van der Waals surface area contributed by atoms with E-state index in [2.05, 4.69) is 29.9 Å². The lowest BCUT2D eigenvalue weighted by Crippen LogP contribution is -2.28. The van der Waals surface area contributed by atoms with Crippen molar-refractivity contribution in [3.05, 3.63) is 65.8 Å². The molecule has 9 nitrogen and oxygen atoms in total. The molecule has 0 aliphatic carbocycles. The standard InChI is InChI=1S/C21H14N6O3/c28-17-7-2-1-3-10-30-15-6-4-5-14(11-15)24-12-16-18-19(23-9-8-22-17)25-13-26-20(18)27-21(16)29/h1-6,8-13H,7H2/b2-1+,10-3-,22-8?,23-9?,24-12?. The highest BCUT2D eigenvalue weighted by Gasteiger charge is 2.18. The Morgan fingerprint density at radius 1 is 0.967 bits per heavy atom. The van der Waals surface area contributed by atoms with Gasteiger partial charge in [-0.25, -0.2) is 20.0 Å². The number of aliphatic imine (C=N–C) groups is 3. The van der Waals surface area contributed by atoms with Gasteiger partial charge in [0.15, 0.2) is 11.3 Å². The molecule has 0 fully saturated rings. The number of ether oxygens (including phenoxy) is 1. The highest BCUT2D eigenvalue weighted by Crippen LogP contribution is 2.20. The summed E-state index contributed by atoms with van der Waals surface area (Å²) in [5.74, 6) is -0.0274. The molecule has 4 rings (SSSR count). The summed E-state index contributed by atoms with van der Waals surface area (Å²) in [6.07, 6.45) is 11.9. The predicted molar refractivity (Wildman–Crippen MR) is 111 cm³/mol. The number of carbonyl (C=O) groups is 2. The van der Waals surface area contributed by atoms with Gasteiger partial charge in [-0.2, -0.15) is 4.99 Å². The van der Waals surface area contributed by atoms with Crippen LogP contribution in [0.15, 0.2) is 75.1 Å². The molecule has 2 amide bonds. The topological polar surface area (TPSA) is 119 Å². The van der Waals surface area contributed by atoms with Crippen molar-refractivity contribution in [3.63, 3.8) is 0 Å². The van der Waals surface area contributed by atoms with Crippen molar-refractivity contribution in [3.8, 4) is 5.75 Å². The van der Waals surface area contributed by atoms with E-state index >= 15 is 0 Å². The fraction of sp³-hybridized carbons (Fsp3) is 0.0476. The van der Waals surface area contributed by atoms with Crippen LogP contribution in [-0.2, 0) is 9.59 Å². The van der Waals surface area contributed by atoms with E-state index in [1.807, 2.05) is 0 Å². The Morgan fingerprint density at radius 2 is 1.87 bits per heavy atom. The first-order chi connectivity index (χ1) is 14.7. The van der Waals surface area contributed by atoms with Crippen LogP contribution in [0.3, 0.4) is 0 Å². The van der Waals surface area contributed by atoms with Crippen LogP contribution >= 0.6 is 0 Å². The average Bonchev–Trinajstić information content (AvgIpc) is 3.07. The highest BCUT2D eigenvalue weighted by atomic mass is 16.5. The maximum absolute atomic E-state index is 12.4. The molecule has 2 bridgehead atoms. The molecular formula is C21H14N6O3. The fourth-order valence-electron chi connectivity index (χ4n) is 2.63. The molecule has 0 N–H and O–H groups in total. The Morgan fingerprint density at radius 3 is 2.80 bits per heavy atom. The van der Waals surface area contributed by atoms with E-state index in [0.717, 1.165) is 0 Å². The number of aromatic nitrogens is 2. The van der Waals surface area contributed by atoms with Crippen molar-refractivity contribution in [2.45, 2.75) is 6.42 Å². The van der Waals surface area contributed by atoms with E-state index in [-0.39, 0.29) is 29.2 Å². The molecule has 0 radical (unpaired) electrons. The molecule has 1 aromatic heterocycles. The summed E-state index contributed by atoms with van der Waals surface area (Å²) in [6, 6.07) is 7.04. The minimum absolute atomic E-state index is 0.131. The molecule has 0 atom stereocenters. The van der Waals surface area contributed by atoms with Crippen molar-refractivity contribution in [1.82, 2.24) is 9.97 Å². The lowest BCUT2D eigenvalue weighted by Gasteiger charge is -2.00. The molecule has 146 valence electrons. The van der Waals surface area contributed by atoms with Gasteiger partial charge >= 0.3 is 0 Å². The second kappa shape index (κ2) is 8.74. The molecule has 0 spiro atoms. The number of hydrogen-bond donors (Lipinski definition) is 0. The SMILES string of the molecule is O=C1C/C=C/C=C\Oc2cccc(c2)N=CC2=c3c(ncnc3=NC2=O)N=CC=N1. The molecule has 30 heavy (non-hydrogen) atoms. The first-order valence-electron chi connectivity index (χ1n) is 8.91. The summed E-state index contributed by atoms with van der Waals surface area (Å²) in [4.78, 5) is 48.5. The van der Waals surface area contributed by atoms with Crippen LogP contribution in [0.1, 0.15) is 6.42 Å². The number of allylic oxidation sites excluding steroid dienone is 2. The maximum atomic E-state index is 12.4. The quantitative estimate of drug-likeness (QED) is 0.663. The van der Waals surface area contributed by atoms with E-state index in [0.29, 0.717) is 16.7 Å². The summed E-state index contributed by atoms with van der Waals surface area (Å²) in [5, 5.41) is 0.374. The van der Waals surface area contributed by atoms with E-state index in [9.17, 15) is 9.59 Å². The molecule has 3 heterocycles. The van der Waals surface area contributed by atoms with Gasteiger partial charge in [0.2, 0.25) is 5.91 Å². The Hall–Kier alpha value is -4.40. The lowest BCUT2D eigenvalue weighted by molar-refractivity contribution is -0.117. The summed E-state index contributed by atoms with van der Waals surface area (Å²) >= 11 is 0. The number of rotatable bonds is 0. The Bertz CT molecular complexity index is 1290. The number of benzene rings is 1. The summed E-state index contributed by atoms with van der Waals surface area (Å²) < 4.78 is 5.53. The van der Waals surface area contributed by atoms with Gasteiger partial charge in [-0.3, -0.25) is 14.6 Å². The van der Waals surface area contributed by atoms with Crippen molar-refractivity contribution in [2.75, 3.05) is 0 Å². The van der Waals surface area contributed by atoms with Gasteiger partial charge in [0, 0.05) is 31.1 Å². The van der Waals surface area contributed by atoms with Crippen LogP contribution in [0.25, 0.3) is 5.57 Å². The third-order valence-electron chi connectivity index (χ3n) is 3.98. The maximum Gasteiger partial charge on any atom is 0.281 e. The van der Waals surface area contributed by atoms with E-state index in [1.54, 1.807) is 42.5 Å². The smallest absolute Gasteiger partial charge is 0.281 e. The number of hydrogen-bond acceptors (Lipinski definition) is 7. The van der Waals surface area contributed by atoms with E-state index < -0.39 is 5.91 Å². The number of amides is 2. The van der Waals surface area contributed by atoms with Gasteiger partial charge < -0.3 is 4.74 Å². The Labute approximate surface area is 170 Å². The molecule has 2 aliphatic heterocycles. The summed E-state index contributed by atoms with van der Waals surface area (Å²) in [7, 11) is 0. The minimum Gasteiger partial charge on any atom is -0.465 e. The molecule has 2 aromatic rings. The highest BCUT2D eigenvalue weighted by molar-refractivity contribution is 6.36. The summed E-state index contributed by atoms with van der Waals surface area (Å²) in [6.45, 7) is 0. The number of fused-ring (bicyclic) bond motifs is 2. The normalized spacial score (nSPS) is 17.9. The summed E-state index contributed by atoms with van der Waals surface area (Å²) in [5.41, 5.74) is 1.02. The monoisotopic (exact) mass is 398 g/mol. The van der Waals surface area contributed by atoms with Crippen LogP contribution in [0.5, 0.6) is 5.75 Å². The number of nitrogens with zero attached hydrogens (tertiary/aromatic N) is 6. The molecule has 9 heteroatoms. The van der Waals surface area contributed by atoms with Gasteiger partial charge in [0.1, 0.15) is 12.1 Å². The van der Waals surface area contributed by atoms with Gasteiger partial charge in [0.25, 0.3) is 5.91 Å². The molecule has 0 unspecified atom stereocenters. The van der Waals surface area contributed by atoms with Gasteiger partial charge in [-0.1, -0.05) is 18.2 Å². The Kier molecular flexibility index (Phi) is 5.52. The van der Waals surface area contributed by atoms with Crippen molar-refractivity contribution < 1.29 is 14.3 Å². The zero-order valence-corrected chi connectivity index (χ0v) is 15.5. The molecular weight excluding hydrogens is 384 g/mol. The van der Waals surface area contributed by atoms with Crippen LogP contribution < -0.4 is 15.4 Å². The largest absolute Gasteiger partial charge is 0.465 e. The average molecular weight is 398 g/mol. The van der Waals surface area contributed by atoms with Crippen LogP contribution in [-0.4, -0.2) is 40.4 Å². The zero-order chi connectivity index (χ0) is 20.8. The third-order valence-corrected chi connectivity index (χ3v) is 3.98. The van der Waals surface area contributed by atoms with Crippen molar-refractivity contribution in [2.24, 2.45) is 20.0 Å². The third kappa shape index (κ3) is 4.36.